The average molecular weight is 272 g/mol. The molecule has 0 aliphatic heterocycles. The number of benzene rings is 1. The van der Waals surface area contributed by atoms with Crippen molar-refractivity contribution >= 4 is 33.2 Å². The predicted molar refractivity (Wildman–Crippen MR) is 61.5 cm³/mol. The average Bonchev–Trinajstić information content (AvgIpc) is 2.20. The molecule has 2 N–H and O–H groups in total. The molecule has 0 unspecified atom stereocenters. The first-order chi connectivity index (χ1) is 6.56. The molecule has 0 amide bonds. The van der Waals surface area contributed by atoms with Gasteiger partial charge in [-0.3, -0.25) is 0 Å². The van der Waals surface area contributed by atoms with Crippen molar-refractivity contribution in [1.82, 2.24) is 0 Å². The van der Waals surface area contributed by atoms with Crippen molar-refractivity contribution in [2.24, 2.45) is 5.73 Å². The lowest BCUT2D eigenvalue weighted by atomic mass is 10.1. The van der Waals surface area contributed by atoms with E-state index in [1.54, 1.807) is 25.1 Å². The summed E-state index contributed by atoms with van der Waals surface area (Å²) in [6.45, 7) is 1.68. The molecule has 0 saturated carbocycles. The first kappa shape index (κ1) is 11.1. The molecule has 72 valence electrons. The number of hydrogen-bond donors (Lipinski definition) is 1. The molecule has 2 nitrogen and oxygen atoms in total. The number of halogens is 2. The van der Waals surface area contributed by atoms with Crippen molar-refractivity contribution in [2.45, 2.75) is 6.92 Å². The molecule has 0 bridgehead atoms. The van der Waals surface area contributed by atoms with Gasteiger partial charge in [0.25, 0.3) is 0 Å². The fraction of sp³-hybridized carbons (Fsp3) is 0.100. The van der Waals surface area contributed by atoms with Crippen LogP contribution in [0, 0.1) is 11.3 Å². The van der Waals surface area contributed by atoms with Gasteiger partial charge in [-0.05, 0) is 40.5 Å². The second kappa shape index (κ2) is 4.50. The largest absolute Gasteiger partial charge is 0.397 e. The normalized spacial score (nSPS) is 11.9. The van der Waals surface area contributed by atoms with Gasteiger partial charge in [0.15, 0.2) is 0 Å². The zero-order valence-electron chi connectivity index (χ0n) is 7.51. The quantitative estimate of drug-likeness (QED) is 0.797. The van der Waals surface area contributed by atoms with Crippen LogP contribution in [0.4, 0.5) is 0 Å². The van der Waals surface area contributed by atoms with Crippen molar-refractivity contribution in [3.05, 3.63) is 38.8 Å². The second-order valence-electron chi connectivity index (χ2n) is 2.78. The molecule has 14 heavy (non-hydrogen) atoms. The standard InChI is InChI=1S/C10H8BrClN2/c1-6(5-13)10(14)7-2-3-9(12)8(11)4-7/h2-4H,14H2,1H3/b10-6-. The summed E-state index contributed by atoms with van der Waals surface area (Å²) in [5.41, 5.74) is 7.53. The van der Waals surface area contributed by atoms with E-state index in [1.807, 2.05) is 6.07 Å². The fourth-order valence-corrected chi connectivity index (χ4v) is 1.44. The molecular formula is C10H8BrClN2. The Morgan fingerprint density at radius 2 is 2.21 bits per heavy atom. The minimum absolute atomic E-state index is 0.477. The fourth-order valence-electron chi connectivity index (χ4n) is 0.940. The van der Waals surface area contributed by atoms with Crippen LogP contribution in [0.2, 0.25) is 5.02 Å². The monoisotopic (exact) mass is 270 g/mol. The summed E-state index contributed by atoms with van der Waals surface area (Å²) in [6, 6.07) is 7.31. The van der Waals surface area contributed by atoms with Crippen LogP contribution in [0.15, 0.2) is 28.2 Å². The lowest BCUT2D eigenvalue weighted by Crippen LogP contribution is -1.99. The van der Waals surface area contributed by atoms with Gasteiger partial charge in [0, 0.05) is 10.0 Å². The van der Waals surface area contributed by atoms with Crippen molar-refractivity contribution < 1.29 is 0 Å². The van der Waals surface area contributed by atoms with Gasteiger partial charge in [0.1, 0.15) is 0 Å². The van der Waals surface area contributed by atoms with E-state index in [2.05, 4.69) is 15.9 Å². The number of nitriles is 1. The number of hydrogen-bond acceptors (Lipinski definition) is 2. The third kappa shape index (κ3) is 2.28. The Labute approximate surface area is 96.1 Å². The number of rotatable bonds is 1. The molecule has 0 radical (unpaired) electrons. The van der Waals surface area contributed by atoms with Crippen LogP contribution in [0.5, 0.6) is 0 Å². The Kier molecular flexibility index (Phi) is 3.56. The van der Waals surface area contributed by atoms with Gasteiger partial charge in [-0.25, -0.2) is 0 Å². The summed E-state index contributed by atoms with van der Waals surface area (Å²) in [5.74, 6) is 0. The van der Waals surface area contributed by atoms with E-state index in [-0.39, 0.29) is 0 Å². The van der Waals surface area contributed by atoms with Gasteiger partial charge >= 0.3 is 0 Å². The van der Waals surface area contributed by atoms with E-state index >= 15 is 0 Å². The van der Waals surface area contributed by atoms with E-state index < -0.39 is 0 Å². The number of allylic oxidation sites excluding steroid dienone is 1. The van der Waals surface area contributed by atoms with E-state index in [0.717, 1.165) is 10.0 Å². The highest BCUT2D eigenvalue weighted by Gasteiger charge is 2.03. The molecule has 0 aromatic heterocycles. The molecular weight excluding hydrogens is 263 g/mol. The Balaban J connectivity index is 3.24. The molecule has 0 aliphatic carbocycles. The number of nitrogens with zero attached hydrogens (tertiary/aromatic N) is 1. The molecule has 0 spiro atoms. The summed E-state index contributed by atoms with van der Waals surface area (Å²) in [6.07, 6.45) is 0. The van der Waals surface area contributed by atoms with Gasteiger partial charge in [0.2, 0.25) is 0 Å². The molecule has 0 heterocycles. The molecule has 0 fully saturated rings. The van der Waals surface area contributed by atoms with Crippen molar-refractivity contribution in [1.29, 1.82) is 5.26 Å². The minimum atomic E-state index is 0.477. The van der Waals surface area contributed by atoms with Crippen molar-refractivity contribution in [2.75, 3.05) is 0 Å². The Morgan fingerprint density at radius 3 is 2.71 bits per heavy atom. The van der Waals surface area contributed by atoms with Crippen LogP contribution in [0.1, 0.15) is 12.5 Å². The van der Waals surface area contributed by atoms with E-state index in [9.17, 15) is 0 Å². The summed E-state index contributed by atoms with van der Waals surface area (Å²) in [5, 5.41) is 9.29. The lowest BCUT2D eigenvalue weighted by molar-refractivity contribution is 1.39. The first-order valence-corrected chi connectivity index (χ1v) is 5.05. The van der Waals surface area contributed by atoms with Crippen molar-refractivity contribution in [3.63, 3.8) is 0 Å². The second-order valence-corrected chi connectivity index (χ2v) is 4.04. The predicted octanol–water partition coefficient (Wildman–Crippen LogP) is 3.32. The van der Waals surface area contributed by atoms with E-state index in [0.29, 0.717) is 16.3 Å². The van der Waals surface area contributed by atoms with Gasteiger partial charge in [0.05, 0.1) is 16.8 Å². The zero-order valence-corrected chi connectivity index (χ0v) is 9.85. The highest BCUT2D eigenvalue weighted by Crippen LogP contribution is 2.25. The van der Waals surface area contributed by atoms with Crippen LogP contribution in [0.3, 0.4) is 0 Å². The molecule has 1 rings (SSSR count). The van der Waals surface area contributed by atoms with Gasteiger partial charge in [-0.15, -0.1) is 0 Å². The van der Waals surface area contributed by atoms with Gasteiger partial charge < -0.3 is 5.73 Å². The maximum atomic E-state index is 8.66. The smallest absolute Gasteiger partial charge is 0.0965 e. The Morgan fingerprint density at radius 1 is 1.57 bits per heavy atom. The van der Waals surface area contributed by atoms with Crippen LogP contribution in [-0.2, 0) is 0 Å². The number of nitrogens with two attached hydrogens (primary N) is 1. The Bertz CT molecular complexity index is 432. The maximum Gasteiger partial charge on any atom is 0.0965 e. The highest BCUT2D eigenvalue weighted by atomic mass is 79.9. The third-order valence-corrected chi connectivity index (χ3v) is 3.02. The van der Waals surface area contributed by atoms with Crippen LogP contribution < -0.4 is 5.73 Å². The summed E-state index contributed by atoms with van der Waals surface area (Å²) < 4.78 is 0.769. The lowest BCUT2D eigenvalue weighted by Gasteiger charge is -2.04. The first-order valence-electron chi connectivity index (χ1n) is 3.88. The molecule has 1 aromatic carbocycles. The molecule has 0 aliphatic rings. The van der Waals surface area contributed by atoms with Crippen molar-refractivity contribution in [3.8, 4) is 6.07 Å². The SMILES string of the molecule is C/C(C#N)=C(/N)c1ccc(Cl)c(Br)c1. The molecule has 0 atom stereocenters. The topological polar surface area (TPSA) is 49.8 Å². The van der Waals surface area contributed by atoms with E-state index in [1.165, 1.54) is 0 Å². The van der Waals surface area contributed by atoms with Crippen LogP contribution in [-0.4, -0.2) is 0 Å². The van der Waals surface area contributed by atoms with Gasteiger partial charge in [-0.1, -0.05) is 17.7 Å². The Hall–Kier alpha value is -0.980. The van der Waals surface area contributed by atoms with Crippen LogP contribution >= 0.6 is 27.5 Å². The summed E-state index contributed by atoms with van der Waals surface area (Å²) in [7, 11) is 0. The molecule has 4 heteroatoms. The molecule has 1 aromatic rings. The zero-order chi connectivity index (χ0) is 10.7. The van der Waals surface area contributed by atoms with Crippen LogP contribution in [0.25, 0.3) is 5.70 Å². The van der Waals surface area contributed by atoms with Gasteiger partial charge in [-0.2, -0.15) is 5.26 Å². The maximum absolute atomic E-state index is 8.66. The van der Waals surface area contributed by atoms with E-state index in [4.69, 9.17) is 22.6 Å². The summed E-state index contributed by atoms with van der Waals surface area (Å²) >= 11 is 9.12. The summed E-state index contributed by atoms with van der Waals surface area (Å²) in [4.78, 5) is 0. The minimum Gasteiger partial charge on any atom is -0.397 e. The highest BCUT2D eigenvalue weighted by molar-refractivity contribution is 9.10. The molecule has 0 saturated heterocycles. The third-order valence-electron chi connectivity index (χ3n) is 1.80.